The van der Waals surface area contributed by atoms with Crippen LogP contribution in [0.1, 0.15) is 23.0 Å². The minimum atomic E-state index is 0.500. The van der Waals surface area contributed by atoms with Gasteiger partial charge < -0.3 is 13.4 Å². The average Bonchev–Trinajstić information content (AvgIpc) is 3.38. The molecule has 4 aromatic rings. The second kappa shape index (κ2) is 7.41. The fourth-order valence-electron chi connectivity index (χ4n) is 2.74. The molecule has 0 bridgehead atoms. The Morgan fingerprint density at radius 2 is 1.50 bits per heavy atom. The van der Waals surface area contributed by atoms with Crippen molar-refractivity contribution in [1.82, 2.24) is 15.0 Å². The van der Waals surface area contributed by atoms with Crippen LogP contribution in [0.4, 0.5) is 0 Å². The Balaban J connectivity index is 1.50. The van der Waals surface area contributed by atoms with Crippen molar-refractivity contribution in [2.45, 2.75) is 26.6 Å². The summed E-state index contributed by atoms with van der Waals surface area (Å²) in [5.74, 6) is 2.89. The van der Waals surface area contributed by atoms with Gasteiger partial charge in [0, 0.05) is 5.56 Å². The van der Waals surface area contributed by atoms with E-state index < -0.39 is 0 Å². The Labute approximate surface area is 151 Å². The largest absolute Gasteiger partial charge is 0.468 e. The first-order valence-corrected chi connectivity index (χ1v) is 8.43. The Morgan fingerprint density at radius 3 is 2.08 bits per heavy atom. The van der Waals surface area contributed by atoms with Gasteiger partial charge in [-0.2, -0.15) is 4.98 Å². The van der Waals surface area contributed by atoms with Crippen LogP contribution in [0.25, 0.3) is 11.4 Å². The molecule has 4 rings (SSSR count). The maximum Gasteiger partial charge on any atom is 0.241 e. The third-order valence-corrected chi connectivity index (χ3v) is 4.06. The SMILES string of the molecule is Cc1ccc(-c2noc(CN(Cc3ccco3)Cc3ccco3)n2)cc1. The van der Waals surface area contributed by atoms with E-state index in [1.165, 1.54) is 5.56 Å². The summed E-state index contributed by atoms with van der Waals surface area (Å²) in [6.45, 7) is 3.79. The lowest BCUT2D eigenvalue weighted by Gasteiger charge is -2.17. The fourth-order valence-corrected chi connectivity index (χ4v) is 2.74. The zero-order valence-electron chi connectivity index (χ0n) is 14.5. The van der Waals surface area contributed by atoms with Gasteiger partial charge in [-0.25, -0.2) is 0 Å². The fraction of sp³-hybridized carbons (Fsp3) is 0.200. The molecule has 0 unspecified atom stereocenters. The van der Waals surface area contributed by atoms with Crippen molar-refractivity contribution in [3.8, 4) is 11.4 Å². The van der Waals surface area contributed by atoms with Crippen LogP contribution in [0.5, 0.6) is 0 Å². The van der Waals surface area contributed by atoms with Gasteiger partial charge in [0.25, 0.3) is 0 Å². The summed E-state index contributed by atoms with van der Waals surface area (Å²) in [6, 6.07) is 15.7. The molecule has 132 valence electrons. The average molecular weight is 349 g/mol. The number of hydrogen-bond donors (Lipinski definition) is 0. The maximum atomic E-state index is 5.47. The summed E-state index contributed by atoms with van der Waals surface area (Å²) in [5.41, 5.74) is 2.13. The number of hydrogen-bond acceptors (Lipinski definition) is 6. The molecule has 0 atom stereocenters. The van der Waals surface area contributed by atoms with Gasteiger partial charge in [0.15, 0.2) is 0 Å². The summed E-state index contributed by atoms with van der Waals surface area (Å²) < 4.78 is 16.4. The first-order chi connectivity index (χ1) is 12.8. The molecule has 0 fully saturated rings. The molecule has 0 amide bonds. The van der Waals surface area contributed by atoms with Gasteiger partial charge >= 0.3 is 0 Å². The van der Waals surface area contributed by atoms with E-state index in [1.807, 2.05) is 55.5 Å². The van der Waals surface area contributed by atoms with Crippen molar-refractivity contribution in [3.05, 3.63) is 84.0 Å². The van der Waals surface area contributed by atoms with E-state index in [9.17, 15) is 0 Å². The molecule has 1 aromatic carbocycles. The molecular formula is C20H19N3O3. The van der Waals surface area contributed by atoms with Gasteiger partial charge in [0.1, 0.15) is 11.5 Å². The smallest absolute Gasteiger partial charge is 0.241 e. The maximum absolute atomic E-state index is 5.47. The molecule has 3 aromatic heterocycles. The Kier molecular flexibility index (Phi) is 4.66. The Bertz CT molecular complexity index is 889. The number of furan rings is 2. The molecule has 0 aliphatic rings. The zero-order valence-corrected chi connectivity index (χ0v) is 14.5. The topological polar surface area (TPSA) is 68.4 Å². The van der Waals surface area contributed by atoms with Crippen LogP contribution in [0.2, 0.25) is 0 Å². The lowest BCUT2D eigenvalue weighted by Crippen LogP contribution is -2.22. The zero-order chi connectivity index (χ0) is 17.8. The summed E-state index contributed by atoms with van der Waals surface area (Å²) in [5, 5.41) is 4.10. The Hall–Kier alpha value is -3.12. The number of aryl methyl sites for hydroxylation is 1. The molecule has 0 radical (unpaired) electrons. The van der Waals surface area contributed by atoms with E-state index in [1.54, 1.807) is 12.5 Å². The van der Waals surface area contributed by atoms with Crippen molar-refractivity contribution < 1.29 is 13.4 Å². The van der Waals surface area contributed by atoms with Gasteiger partial charge in [-0.3, -0.25) is 4.90 Å². The van der Waals surface area contributed by atoms with E-state index in [4.69, 9.17) is 13.4 Å². The number of benzene rings is 1. The van der Waals surface area contributed by atoms with Crippen LogP contribution < -0.4 is 0 Å². The summed E-state index contributed by atoms with van der Waals surface area (Å²) in [6.07, 6.45) is 3.34. The van der Waals surface area contributed by atoms with Crippen LogP contribution in [0, 0.1) is 6.92 Å². The molecule has 3 heterocycles. The molecule has 26 heavy (non-hydrogen) atoms. The third-order valence-electron chi connectivity index (χ3n) is 4.06. The van der Waals surface area contributed by atoms with Crippen molar-refractivity contribution in [2.75, 3.05) is 0 Å². The number of rotatable bonds is 7. The lowest BCUT2D eigenvalue weighted by molar-refractivity contribution is 0.183. The summed E-state index contributed by atoms with van der Waals surface area (Å²) in [7, 11) is 0. The van der Waals surface area contributed by atoms with E-state index in [0.29, 0.717) is 31.3 Å². The van der Waals surface area contributed by atoms with Crippen LogP contribution in [-0.4, -0.2) is 15.0 Å². The third kappa shape index (κ3) is 3.92. The van der Waals surface area contributed by atoms with Gasteiger partial charge in [-0.15, -0.1) is 0 Å². The quantitative estimate of drug-likeness (QED) is 0.491. The summed E-state index contributed by atoms with van der Waals surface area (Å²) >= 11 is 0. The standard InChI is InChI=1S/C20H19N3O3/c1-15-6-8-16(9-7-15)20-21-19(26-22-20)14-23(12-17-4-2-10-24-17)13-18-5-3-11-25-18/h2-11H,12-14H2,1H3. The molecule has 0 saturated heterocycles. The van der Waals surface area contributed by atoms with E-state index >= 15 is 0 Å². The molecule has 0 aliphatic carbocycles. The minimum absolute atomic E-state index is 0.500. The first-order valence-electron chi connectivity index (χ1n) is 8.43. The molecular weight excluding hydrogens is 330 g/mol. The highest BCUT2D eigenvalue weighted by Crippen LogP contribution is 2.19. The lowest BCUT2D eigenvalue weighted by atomic mass is 10.1. The molecule has 0 aliphatic heterocycles. The minimum Gasteiger partial charge on any atom is -0.468 e. The van der Waals surface area contributed by atoms with Gasteiger partial charge in [0.05, 0.1) is 32.2 Å². The first kappa shape index (κ1) is 16.4. The molecule has 0 saturated carbocycles. The van der Waals surface area contributed by atoms with Crippen LogP contribution >= 0.6 is 0 Å². The van der Waals surface area contributed by atoms with Gasteiger partial charge in [-0.1, -0.05) is 35.0 Å². The predicted molar refractivity (Wildman–Crippen MR) is 94.8 cm³/mol. The second-order valence-electron chi connectivity index (χ2n) is 6.18. The van der Waals surface area contributed by atoms with Gasteiger partial charge in [-0.05, 0) is 31.2 Å². The monoisotopic (exact) mass is 349 g/mol. The van der Waals surface area contributed by atoms with Crippen molar-refractivity contribution in [3.63, 3.8) is 0 Å². The van der Waals surface area contributed by atoms with Crippen LogP contribution in [0.15, 0.2) is 74.4 Å². The Morgan fingerprint density at radius 1 is 0.846 bits per heavy atom. The second-order valence-corrected chi connectivity index (χ2v) is 6.18. The normalized spacial score (nSPS) is 11.3. The van der Waals surface area contributed by atoms with Crippen molar-refractivity contribution >= 4 is 0 Å². The predicted octanol–water partition coefficient (Wildman–Crippen LogP) is 4.43. The highest BCUT2D eigenvalue weighted by molar-refractivity contribution is 5.54. The van der Waals surface area contributed by atoms with E-state index in [-0.39, 0.29) is 0 Å². The van der Waals surface area contributed by atoms with Crippen LogP contribution in [0.3, 0.4) is 0 Å². The van der Waals surface area contributed by atoms with E-state index in [2.05, 4.69) is 15.0 Å². The van der Waals surface area contributed by atoms with Crippen molar-refractivity contribution in [1.29, 1.82) is 0 Å². The highest BCUT2D eigenvalue weighted by atomic mass is 16.5. The van der Waals surface area contributed by atoms with Crippen molar-refractivity contribution in [2.24, 2.45) is 0 Å². The highest BCUT2D eigenvalue weighted by Gasteiger charge is 2.16. The van der Waals surface area contributed by atoms with E-state index in [0.717, 1.165) is 17.1 Å². The molecule has 0 N–H and O–H groups in total. The van der Waals surface area contributed by atoms with Crippen LogP contribution in [-0.2, 0) is 19.6 Å². The molecule has 6 nitrogen and oxygen atoms in total. The summed E-state index contributed by atoms with van der Waals surface area (Å²) in [4.78, 5) is 6.66. The van der Waals surface area contributed by atoms with Gasteiger partial charge in [0.2, 0.25) is 11.7 Å². The number of nitrogens with zero attached hydrogens (tertiary/aromatic N) is 3. The molecule has 6 heteroatoms. The molecule has 0 spiro atoms. The number of aromatic nitrogens is 2.